The van der Waals surface area contributed by atoms with Gasteiger partial charge in [-0.1, -0.05) is 24.3 Å². The molecule has 0 fully saturated rings. The van der Waals surface area contributed by atoms with E-state index >= 15 is 0 Å². The molecule has 30 heavy (non-hydrogen) atoms. The molecule has 2 aromatic carbocycles. The molecule has 0 saturated carbocycles. The number of halogens is 1. The minimum atomic E-state index is -0.980. The maximum Gasteiger partial charge on any atom is 0.335 e. The summed E-state index contributed by atoms with van der Waals surface area (Å²) in [5, 5.41) is 9.17. The average molecular weight is 489 g/mol. The largest absolute Gasteiger partial charge is 0.478 e. The monoisotopic (exact) mass is 488 g/mol. The zero-order chi connectivity index (χ0) is 21.7. The maximum absolute atomic E-state index is 11.2. The third kappa shape index (κ3) is 5.10. The molecule has 0 aliphatic rings. The first-order valence-electron chi connectivity index (χ1n) is 9.14. The van der Waals surface area contributed by atoms with Crippen LogP contribution in [0.5, 0.6) is 5.88 Å². The van der Waals surface area contributed by atoms with Crippen molar-refractivity contribution in [1.29, 1.82) is 0 Å². The Morgan fingerprint density at radius 3 is 2.57 bits per heavy atom. The topological polar surface area (TPSA) is 110 Å². The van der Waals surface area contributed by atoms with Gasteiger partial charge in [0.2, 0.25) is 11.8 Å². The van der Waals surface area contributed by atoms with Crippen molar-refractivity contribution in [1.82, 2.24) is 9.97 Å². The number of nitrogens with zero attached hydrogens (tertiary/aromatic N) is 2. The van der Waals surface area contributed by atoms with Gasteiger partial charge in [0.1, 0.15) is 11.1 Å². The lowest BCUT2D eigenvalue weighted by molar-refractivity contribution is 0.0696. The molecule has 0 saturated heterocycles. The highest BCUT2D eigenvalue weighted by molar-refractivity contribution is 9.10. The van der Waals surface area contributed by atoms with Crippen molar-refractivity contribution in [3.63, 3.8) is 0 Å². The van der Waals surface area contributed by atoms with Crippen LogP contribution in [0.2, 0.25) is 0 Å². The number of hydrogen-bond acceptors (Lipinski definition) is 7. The first-order valence-corrected chi connectivity index (χ1v) is 10.7. The third-order valence-electron chi connectivity index (χ3n) is 4.24. The van der Waals surface area contributed by atoms with Crippen molar-refractivity contribution in [3.8, 4) is 17.1 Å². The summed E-state index contributed by atoms with van der Waals surface area (Å²) >= 11 is 4.80. The van der Waals surface area contributed by atoms with E-state index in [9.17, 15) is 9.90 Å². The minimum absolute atomic E-state index is 0.210. The smallest absolute Gasteiger partial charge is 0.335 e. The van der Waals surface area contributed by atoms with Crippen LogP contribution in [0, 0.1) is 13.8 Å². The third-order valence-corrected chi connectivity index (χ3v) is 5.73. The van der Waals surface area contributed by atoms with Crippen LogP contribution in [0.15, 0.2) is 51.8 Å². The van der Waals surface area contributed by atoms with Crippen LogP contribution >= 0.6 is 27.9 Å². The summed E-state index contributed by atoms with van der Waals surface area (Å²) in [7, 11) is 0. The van der Waals surface area contributed by atoms with E-state index in [1.807, 2.05) is 32.0 Å². The van der Waals surface area contributed by atoms with Crippen LogP contribution < -0.4 is 15.2 Å². The standard InChI is InChI=1S/C21H21BrN4O3S/c1-12-5-3-6-13(2)16(12)18-17(22)19(29-10-9-23)25-21(24-18)26-30-15-8-4-7-14(11-15)20(27)28/h3-8,11H,9-10,23H2,1-2H3,(H,27,28)(H,24,25,26). The van der Waals surface area contributed by atoms with E-state index in [4.69, 9.17) is 10.5 Å². The molecule has 3 aromatic rings. The summed E-state index contributed by atoms with van der Waals surface area (Å²) in [6.07, 6.45) is 0. The first-order chi connectivity index (χ1) is 14.4. The number of ether oxygens (including phenoxy) is 1. The zero-order valence-electron chi connectivity index (χ0n) is 16.5. The quantitative estimate of drug-likeness (QED) is 0.392. The van der Waals surface area contributed by atoms with Crippen LogP contribution in [0.1, 0.15) is 21.5 Å². The Labute approximate surface area is 187 Å². The predicted octanol–water partition coefficient (Wildman–Crippen LogP) is 4.68. The van der Waals surface area contributed by atoms with Gasteiger partial charge in [0.05, 0.1) is 11.3 Å². The van der Waals surface area contributed by atoms with Crippen LogP contribution in [-0.4, -0.2) is 34.2 Å². The number of nitrogens with one attached hydrogen (secondary N) is 1. The van der Waals surface area contributed by atoms with Crippen LogP contribution in [0.4, 0.5) is 5.95 Å². The summed E-state index contributed by atoms with van der Waals surface area (Å²) in [4.78, 5) is 21.0. The van der Waals surface area contributed by atoms with Crippen molar-refractivity contribution in [2.45, 2.75) is 18.7 Å². The molecule has 0 amide bonds. The second kappa shape index (κ2) is 9.92. The first kappa shape index (κ1) is 22.1. The van der Waals surface area contributed by atoms with Crippen molar-refractivity contribution < 1.29 is 14.6 Å². The summed E-state index contributed by atoms with van der Waals surface area (Å²) in [6.45, 7) is 4.72. The van der Waals surface area contributed by atoms with Crippen molar-refractivity contribution in [2.75, 3.05) is 17.9 Å². The number of hydrogen-bond donors (Lipinski definition) is 3. The zero-order valence-corrected chi connectivity index (χ0v) is 18.9. The molecule has 9 heteroatoms. The van der Waals surface area contributed by atoms with E-state index in [2.05, 4.69) is 30.6 Å². The van der Waals surface area contributed by atoms with Crippen molar-refractivity contribution in [2.24, 2.45) is 5.73 Å². The molecule has 0 aliphatic carbocycles. The van der Waals surface area contributed by atoms with Gasteiger partial charge in [0.15, 0.2) is 0 Å². The van der Waals surface area contributed by atoms with Crippen molar-refractivity contribution in [3.05, 3.63) is 63.6 Å². The maximum atomic E-state index is 11.2. The van der Waals surface area contributed by atoms with Gasteiger partial charge in [0, 0.05) is 17.0 Å². The molecule has 1 aromatic heterocycles. The molecule has 0 aliphatic heterocycles. The number of aromatic nitrogens is 2. The molecular formula is C21H21BrN4O3S. The minimum Gasteiger partial charge on any atom is -0.478 e. The van der Waals surface area contributed by atoms with Gasteiger partial charge in [-0.05, 0) is 71.1 Å². The number of aryl methyl sites for hydroxylation is 2. The number of benzene rings is 2. The number of aromatic carboxylic acids is 1. The Bertz CT molecular complexity index is 1060. The van der Waals surface area contributed by atoms with Crippen LogP contribution in [-0.2, 0) is 0 Å². The van der Waals surface area contributed by atoms with E-state index in [0.29, 0.717) is 35.1 Å². The number of anilines is 1. The average Bonchev–Trinajstić information content (AvgIpc) is 2.73. The Morgan fingerprint density at radius 2 is 1.90 bits per heavy atom. The number of carboxylic acid groups (broad SMARTS) is 1. The van der Waals surface area contributed by atoms with Crippen LogP contribution in [0.25, 0.3) is 11.3 Å². The molecule has 1 heterocycles. The van der Waals surface area contributed by atoms with Gasteiger partial charge in [0.25, 0.3) is 0 Å². The number of rotatable bonds is 8. The highest BCUT2D eigenvalue weighted by Gasteiger charge is 2.18. The number of carbonyl (C=O) groups is 1. The molecule has 0 unspecified atom stereocenters. The highest BCUT2D eigenvalue weighted by atomic mass is 79.9. The molecule has 7 nitrogen and oxygen atoms in total. The molecule has 3 rings (SSSR count). The van der Waals surface area contributed by atoms with E-state index < -0.39 is 5.97 Å². The van der Waals surface area contributed by atoms with Gasteiger partial charge >= 0.3 is 5.97 Å². The van der Waals surface area contributed by atoms with Gasteiger partial charge < -0.3 is 15.6 Å². The fourth-order valence-electron chi connectivity index (χ4n) is 2.87. The summed E-state index contributed by atoms with van der Waals surface area (Å²) in [5.74, 6) is -0.254. The number of nitrogens with two attached hydrogens (primary N) is 1. The Morgan fingerprint density at radius 1 is 1.20 bits per heavy atom. The Kier molecular flexibility index (Phi) is 7.30. The SMILES string of the molecule is Cc1cccc(C)c1-c1nc(NSc2cccc(C(=O)O)c2)nc(OCCN)c1Br. The van der Waals surface area contributed by atoms with E-state index in [0.717, 1.165) is 21.6 Å². The van der Waals surface area contributed by atoms with Gasteiger partial charge in [-0.3, -0.25) is 4.72 Å². The highest BCUT2D eigenvalue weighted by Crippen LogP contribution is 2.37. The molecular weight excluding hydrogens is 468 g/mol. The second-order valence-electron chi connectivity index (χ2n) is 6.46. The Balaban J connectivity index is 1.98. The van der Waals surface area contributed by atoms with Crippen molar-refractivity contribution >= 4 is 39.8 Å². The Hall–Kier alpha value is -2.62. The number of carboxylic acids is 1. The molecule has 0 atom stereocenters. The second-order valence-corrected chi connectivity index (χ2v) is 8.13. The lowest BCUT2D eigenvalue weighted by atomic mass is 10.00. The lowest BCUT2D eigenvalue weighted by Crippen LogP contribution is -2.12. The lowest BCUT2D eigenvalue weighted by Gasteiger charge is -2.15. The van der Waals surface area contributed by atoms with E-state index in [1.165, 1.54) is 11.9 Å². The van der Waals surface area contributed by atoms with E-state index in [-0.39, 0.29) is 5.56 Å². The van der Waals surface area contributed by atoms with Gasteiger partial charge in [-0.15, -0.1) is 0 Å². The fourth-order valence-corrected chi connectivity index (χ4v) is 4.00. The normalized spacial score (nSPS) is 10.7. The van der Waals surface area contributed by atoms with Crippen LogP contribution in [0.3, 0.4) is 0 Å². The van der Waals surface area contributed by atoms with E-state index in [1.54, 1.807) is 24.3 Å². The molecule has 4 N–H and O–H groups in total. The summed E-state index contributed by atoms with van der Waals surface area (Å²) < 4.78 is 9.46. The predicted molar refractivity (Wildman–Crippen MR) is 122 cm³/mol. The molecule has 0 radical (unpaired) electrons. The van der Waals surface area contributed by atoms with Gasteiger partial charge in [-0.2, -0.15) is 4.98 Å². The summed E-state index contributed by atoms with van der Waals surface area (Å²) in [6, 6.07) is 12.7. The molecule has 0 spiro atoms. The van der Waals surface area contributed by atoms with Gasteiger partial charge in [-0.25, -0.2) is 9.78 Å². The molecule has 156 valence electrons. The summed E-state index contributed by atoms with van der Waals surface area (Å²) in [5.41, 5.74) is 9.64. The molecule has 0 bridgehead atoms. The fraction of sp³-hybridized carbons (Fsp3) is 0.190.